The number of fused-ring (bicyclic) bond motifs is 2. The van der Waals surface area contributed by atoms with Gasteiger partial charge in [0.05, 0.1) is 5.92 Å². The first-order valence-corrected chi connectivity index (χ1v) is 7.18. The number of nitrogens with two attached hydrogens (primary N) is 1. The van der Waals surface area contributed by atoms with E-state index < -0.39 is 0 Å². The lowest BCUT2D eigenvalue weighted by molar-refractivity contribution is -0.127. The van der Waals surface area contributed by atoms with Gasteiger partial charge >= 0.3 is 0 Å². The number of pyridine rings is 1. The van der Waals surface area contributed by atoms with Crippen molar-refractivity contribution in [2.45, 2.75) is 31.7 Å². The minimum Gasteiger partial charge on any atom is -0.355 e. The summed E-state index contributed by atoms with van der Waals surface area (Å²) in [6.45, 7) is 0.672. The lowest BCUT2D eigenvalue weighted by Crippen LogP contribution is -2.45. The van der Waals surface area contributed by atoms with Crippen molar-refractivity contribution in [2.75, 3.05) is 6.54 Å². The van der Waals surface area contributed by atoms with Gasteiger partial charge in [-0.15, -0.1) is 0 Å². The van der Waals surface area contributed by atoms with Gasteiger partial charge in [0.2, 0.25) is 5.91 Å². The van der Waals surface area contributed by atoms with Gasteiger partial charge in [-0.05, 0) is 49.1 Å². The molecule has 1 heterocycles. The largest absolute Gasteiger partial charge is 0.355 e. The number of hydrogen-bond donors (Lipinski definition) is 2. The predicted molar refractivity (Wildman–Crippen MR) is 73.2 cm³/mol. The summed E-state index contributed by atoms with van der Waals surface area (Å²) in [4.78, 5) is 16.3. The Labute approximate surface area is 113 Å². The van der Waals surface area contributed by atoms with Gasteiger partial charge in [0, 0.05) is 25.0 Å². The van der Waals surface area contributed by atoms with E-state index in [1.165, 1.54) is 12.8 Å². The SMILES string of the molecule is NC1C2CCC(C2)C1C(=O)NCCc1cccnc1. The molecule has 4 heteroatoms. The van der Waals surface area contributed by atoms with Crippen LogP contribution in [0.4, 0.5) is 0 Å². The number of aromatic nitrogens is 1. The van der Waals surface area contributed by atoms with E-state index in [1.54, 1.807) is 6.20 Å². The van der Waals surface area contributed by atoms with Gasteiger partial charge in [-0.2, -0.15) is 0 Å². The molecule has 2 aliphatic carbocycles. The van der Waals surface area contributed by atoms with Crippen LogP contribution >= 0.6 is 0 Å². The van der Waals surface area contributed by atoms with Gasteiger partial charge < -0.3 is 11.1 Å². The first-order valence-electron chi connectivity index (χ1n) is 7.18. The van der Waals surface area contributed by atoms with Gasteiger partial charge in [0.15, 0.2) is 0 Å². The standard InChI is InChI=1S/C15H21N3O/c16-14-12-4-3-11(8-12)13(14)15(19)18-7-5-10-2-1-6-17-9-10/h1-2,6,9,11-14H,3-5,7-8,16H2,(H,18,19). The first-order chi connectivity index (χ1) is 9.25. The van der Waals surface area contributed by atoms with Crippen molar-refractivity contribution in [3.63, 3.8) is 0 Å². The maximum Gasteiger partial charge on any atom is 0.224 e. The molecule has 2 aliphatic rings. The zero-order chi connectivity index (χ0) is 13.2. The highest BCUT2D eigenvalue weighted by molar-refractivity contribution is 5.80. The summed E-state index contributed by atoms with van der Waals surface area (Å²) in [5.74, 6) is 1.31. The van der Waals surface area contributed by atoms with Crippen molar-refractivity contribution in [1.29, 1.82) is 0 Å². The topological polar surface area (TPSA) is 68.0 Å². The van der Waals surface area contributed by atoms with Crippen molar-refractivity contribution in [3.8, 4) is 0 Å². The normalized spacial score (nSPS) is 32.5. The van der Waals surface area contributed by atoms with Gasteiger partial charge in [-0.3, -0.25) is 9.78 Å². The predicted octanol–water partition coefficient (Wildman–Crippen LogP) is 1.11. The van der Waals surface area contributed by atoms with Crippen LogP contribution in [-0.4, -0.2) is 23.5 Å². The second-order valence-corrected chi connectivity index (χ2v) is 5.84. The van der Waals surface area contributed by atoms with E-state index in [1.807, 2.05) is 18.3 Å². The average Bonchev–Trinajstić information content (AvgIpc) is 3.00. The molecule has 0 spiro atoms. The Balaban J connectivity index is 1.49. The van der Waals surface area contributed by atoms with Crippen molar-refractivity contribution in [1.82, 2.24) is 10.3 Å². The number of carbonyl (C=O) groups excluding carboxylic acids is 1. The molecule has 19 heavy (non-hydrogen) atoms. The second kappa shape index (κ2) is 5.29. The zero-order valence-electron chi connectivity index (χ0n) is 11.1. The molecule has 2 fully saturated rings. The molecular formula is C15H21N3O. The minimum atomic E-state index is 0.0487. The molecule has 1 amide bonds. The molecule has 0 radical (unpaired) electrons. The van der Waals surface area contributed by atoms with E-state index in [0.717, 1.165) is 18.4 Å². The summed E-state index contributed by atoms with van der Waals surface area (Å²) in [5.41, 5.74) is 7.33. The number of nitrogens with zero attached hydrogens (tertiary/aromatic N) is 1. The molecular weight excluding hydrogens is 238 g/mol. The molecule has 2 saturated carbocycles. The summed E-state index contributed by atoms with van der Waals surface area (Å²) in [5, 5.41) is 3.04. The summed E-state index contributed by atoms with van der Waals surface area (Å²) >= 11 is 0. The molecule has 1 aromatic rings. The fourth-order valence-electron chi connectivity index (χ4n) is 3.72. The number of amides is 1. The maximum absolute atomic E-state index is 12.2. The van der Waals surface area contributed by atoms with E-state index in [4.69, 9.17) is 5.73 Å². The quantitative estimate of drug-likeness (QED) is 0.851. The van der Waals surface area contributed by atoms with Crippen molar-refractivity contribution in [2.24, 2.45) is 23.5 Å². The number of carbonyl (C=O) groups is 1. The molecule has 4 atom stereocenters. The fourth-order valence-corrected chi connectivity index (χ4v) is 3.72. The molecule has 4 nitrogen and oxygen atoms in total. The maximum atomic E-state index is 12.2. The Morgan fingerprint density at radius 1 is 1.42 bits per heavy atom. The molecule has 3 N–H and O–H groups in total. The minimum absolute atomic E-state index is 0.0487. The summed E-state index contributed by atoms with van der Waals surface area (Å²) in [6.07, 6.45) is 7.98. The highest BCUT2D eigenvalue weighted by Gasteiger charge is 2.48. The average molecular weight is 259 g/mol. The van der Waals surface area contributed by atoms with Gasteiger partial charge in [-0.25, -0.2) is 0 Å². The van der Waals surface area contributed by atoms with E-state index >= 15 is 0 Å². The van der Waals surface area contributed by atoms with Crippen molar-refractivity contribution >= 4 is 5.91 Å². The summed E-state index contributed by atoms with van der Waals surface area (Å²) < 4.78 is 0. The Morgan fingerprint density at radius 2 is 2.26 bits per heavy atom. The van der Waals surface area contributed by atoms with E-state index in [0.29, 0.717) is 18.4 Å². The fraction of sp³-hybridized carbons (Fsp3) is 0.600. The molecule has 0 aromatic carbocycles. The Bertz CT molecular complexity index is 446. The van der Waals surface area contributed by atoms with Crippen LogP contribution in [0.1, 0.15) is 24.8 Å². The molecule has 0 saturated heterocycles. The van der Waals surface area contributed by atoms with Crippen LogP contribution in [0, 0.1) is 17.8 Å². The van der Waals surface area contributed by atoms with Crippen LogP contribution in [0.3, 0.4) is 0 Å². The van der Waals surface area contributed by atoms with Crippen LogP contribution in [0.25, 0.3) is 0 Å². The number of hydrogen-bond acceptors (Lipinski definition) is 3. The summed E-state index contributed by atoms with van der Waals surface area (Å²) in [7, 11) is 0. The van der Waals surface area contributed by atoms with Crippen LogP contribution in [0.5, 0.6) is 0 Å². The molecule has 1 aromatic heterocycles. The Kier molecular flexibility index (Phi) is 3.51. The second-order valence-electron chi connectivity index (χ2n) is 5.84. The van der Waals surface area contributed by atoms with Crippen LogP contribution in [-0.2, 0) is 11.2 Å². The lowest BCUT2D eigenvalue weighted by Gasteiger charge is -2.27. The molecule has 0 aliphatic heterocycles. The van der Waals surface area contributed by atoms with Gasteiger partial charge in [-0.1, -0.05) is 6.07 Å². The molecule has 3 rings (SSSR count). The number of nitrogens with one attached hydrogen (secondary N) is 1. The third kappa shape index (κ3) is 2.50. The monoisotopic (exact) mass is 259 g/mol. The Morgan fingerprint density at radius 3 is 2.95 bits per heavy atom. The van der Waals surface area contributed by atoms with Crippen LogP contribution in [0.15, 0.2) is 24.5 Å². The van der Waals surface area contributed by atoms with Crippen LogP contribution in [0.2, 0.25) is 0 Å². The van der Waals surface area contributed by atoms with Crippen LogP contribution < -0.4 is 11.1 Å². The summed E-state index contributed by atoms with van der Waals surface area (Å²) in [6, 6.07) is 4.03. The highest BCUT2D eigenvalue weighted by atomic mass is 16.1. The lowest BCUT2D eigenvalue weighted by atomic mass is 9.84. The van der Waals surface area contributed by atoms with E-state index in [2.05, 4.69) is 10.3 Å². The third-order valence-corrected chi connectivity index (χ3v) is 4.72. The van der Waals surface area contributed by atoms with E-state index in [9.17, 15) is 4.79 Å². The molecule has 2 bridgehead atoms. The molecule has 102 valence electrons. The Hall–Kier alpha value is -1.42. The zero-order valence-corrected chi connectivity index (χ0v) is 11.1. The van der Waals surface area contributed by atoms with Gasteiger partial charge in [0.25, 0.3) is 0 Å². The van der Waals surface area contributed by atoms with Crippen molar-refractivity contribution < 1.29 is 4.79 Å². The highest BCUT2D eigenvalue weighted by Crippen LogP contribution is 2.47. The smallest absolute Gasteiger partial charge is 0.224 e. The number of rotatable bonds is 4. The molecule has 4 unspecified atom stereocenters. The van der Waals surface area contributed by atoms with Gasteiger partial charge in [0.1, 0.15) is 0 Å². The third-order valence-electron chi connectivity index (χ3n) is 4.72. The van der Waals surface area contributed by atoms with E-state index in [-0.39, 0.29) is 17.9 Å². The first kappa shape index (κ1) is 12.6. The van der Waals surface area contributed by atoms with Crippen molar-refractivity contribution in [3.05, 3.63) is 30.1 Å².